The molecule has 0 atom stereocenters. The highest BCUT2D eigenvalue weighted by Gasteiger charge is 2.29. The highest BCUT2D eigenvalue weighted by molar-refractivity contribution is 6.33. The van der Waals surface area contributed by atoms with Crippen molar-refractivity contribution in [3.8, 4) is 11.5 Å². The first-order valence-electron chi connectivity index (χ1n) is 7.83. The average molecular weight is 387 g/mol. The number of methoxy groups -OCH3 is 1. The summed E-state index contributed by atoms with van der Waals surface area (Å²) in [6.07, 6.45) is 1.60. The van der Waals surface area contributed by atoms with E-state index in [1.165, 1.54) is 42.5 Å². The number of hydrogen-bond donors (Lipinski definition) is 2. The van der Waals surface area contributed by atoms with Crippen molar-refractivity contribution in [3.05, 3.63) is 58.1 Å². The zero-order valence-electron chi connectivity index (χ0n) is 14.4. The molecule has 1 aliphatic heterocycles. The van der Waals surface area contributed by atoms with Crippen LogP contribution < -0.4 is 9.75 Å². The third-order valence-electron chi connectivity index (χ3n) is 4.00. The van der Waals surface area contributed by atoms with Gasteiger partial charge in [-0.05, 0) is 55.0 Å². The Kier molecular flexibility index (Phi) is 4.87. The average Bonchev–Trinajstić information content (AvgIpc) is 2.92. The number of amides is 1. The van der Waals surface area contributed by atoms with Gasteiger partial charge in [0.1, 0.15) is 0 Å². The molecule has 0 aromatic heterocycles. The van der Waals surface area contributed by atoms with Crippen molar-refractivity contribution in [2.45, 2.75) is 6.92 Å². The minimum atomic E-state index is -1.05. The van der Waals surface area contributed by atoms with E-state index in [9.17, 15) is 14.7 Å². The van der Waals surface area contributed by atoms with Crippen LogP contribution in [0, 0.1) is 0 Å². The lowest BCUT2D eigenvalue weighted by atomic mass is 10.1. The first-order valence-corrected chi connectivity index (χ1v) is 8.21. The number of hydrazone groups is 1. The summed E-state index contributed by atoms with van der Waals surface area (Å²) < 4.78 is 5.07. The summed E-state index contributed by atoms with van der Waals surface area (Å²) in [5, 5.41) is 24.3. The molecule has 8 heteroatoms. The number of carbonyl (C=O) groups excluding carboxylic acids is 1. The minimum absolute atomic E-state index is 0.0994. The zero-order chi connectivity index (χ0) is 19.7. The van der Waals surface area contributed by atoms with E-state index in [1.807, 2.05) is 0 Å². The quantitative estimate of drug-likeness (QED) is 0.782. The van der Waals surface area contributed by atoms with Gasteiger partial charge in [0, 0.05) is 0 Å². The SMILES string of the molecule is COc1cc(C=C2C(=O)N(c3ccc(C(=O)O)cc3)N=C2C)cc(Cl)c1O. The van der Waals surface area contributed by atoms with Crippen molar-refractivity contribution in [3.63, 3.8) is 0 Å². The molecule has 3 rings (SSSR count). The number of benzene rings is 2. The second kappa shape index (κ2) is 7.13. The molecule has 2 aromatic carbocycles. The molecular formula is C19H15ClN2O5. The summed E-state index contributed by atoms with van der Waals surface area (Å²) in [4.78, 5) is 23.7. The van der Waals surface area contributed by atoms with Gasteiger partial charge in [0.15, 0.2) is 11.5 Å². The number of aromatic hydroxyl groups is 1. The lowest BCUT2D eigenvalue weighted by Gasteiger charge is -2.12. The fraction of sp³-hybridized carbons (Fsp3) is 0.105. The number of nitrogens with zero attached hydrogens (tertiary/aromatic N) is 2. The van der Waals surface area contributed by atoms with Gasteiger partial charge < -0.3 is 14.9 Å². The molecule has 7 nitrogen and oxygen atoms in total. The van der Waals surface area contributed by atoms with Crippen LogP contribution in [0.5, 0.6) is 11.5 Å². The molecule has 0 bridgehead atoms. The monoisotopic (exact) mass is 386 g/mol. The van der Waals surface area contributed by atoms with Crippen LogP contribution in [0.4, 0.5) is 5.69 Å². The maximum atomic E-state index is 12.8. The standard InChI is InChI=1S/C19H15ClN2O5/c1-10-14(7-11-8-15(20)17(23)16(9-11)27-2)18(24)22(21-10)13-5-3-12(4-6-13)19(25)26/h3-9,23H,1-2H3,(H,25,26). The maximum absolute atomic E-state index is 12.8. The Hall–Kier alpha value is -3.32. The largest absolute Gasteiger partial charge is 0.503 e. The summed E-state index contributed by atoms with van der Waals surface area (Å²) in [6.45, 7) is 1.69. The molecule has 0 saturated carbocycles. The lowest BCUT2D eigenvalue weighted by Crippen LogP contribution is -2.21. The fourth-order valence-electron chi connectivity index (χ4n) is 2.60. The van der Waals surface area contributed by atoms with Crippen LogP contribution in [0.2, 0.25) is 5.02 Å². The number of hydrogen-bond acceptors (Lipinski definition) is 5. The van der Waals surface area contributed by atoms with E-state index in [4.69, 9.17) is 21.4 Å². The van der Waals surface area contributed by atoms with Crippen molar-refractivity contribution in [2.75, 3.05) is 12.1 Å². The van der Waals surface area contributed by atoms with Crippen molar-refractivity contribution < 1.29 is 24.5 Å². The van der Waals surface area contributed by atoms with Gasteiger partial charge in [-0.15, -0.1) is 0 Å². The normalized spacial score (nSPS) is 15.2. The van der Waals surface area contributed by atoms with E-state index in [-0.39, 0.29) is 28.0 Å². The summed E-state index contributed by atoms with van der Waals surface area (Å²) in [5.74, 6) is -1.40. The van der Waals surface area contributed by atoms with E-state index in [0.29, 0.717) is 22.5 Å². The number of phenolic OH excluding ortho intramolecular Hbond substituents is 1. The van der Waals surface area contributed by atoms with Gasteiger partial charge in [-0.2, -0.15) is 10.1 Å². The number of ether oxygens (including phenoxy) is 1. The van der Waals surface area contributed by atoms with Crippen LogP contribution in [-0.2, 0) is 4.79 Å². The van der Waals surface area contributed by atoms with Crippen LogP contribution in [0.25, 0.3) is 6.08 Å². The van der Waals surface area contributed by atoms with Gasteiger partial charge in [-0.1, -0.05) is 11.6 Å². The van der Waals surface area contributed by atoms with Crippen LogP contribution >= 0.6 is 11.6 Å². The Morgan fingerprint density at radius 1 is 1.26 bits per heavy atom. The van der Waals surface area contributed by atoms with Crippen LogP contribution in [-0.4, -0.2) is 34.9 Å². The summed E-state index contributed by atoms with van der Waals surface area (Å²) >= 11 is 5.99. The first-order chi connectivity index (χ1) is 12.8. The number of carboxylic acids is 1. The highest BCUT2D eigenvalue weighted by atomic mass is 35.5. The molecule has 0 aliphatic carbocycles. The molecule has 2 aromatic rings. The first kappa shape index (κ1) is 18.5. The predicted octanol–water partition coefficient (Wildman–Crippen LogP) is 3.56. The minimum Gasteiger partial charge on any atom is -0.503 e. The molecular weight excluding hydrogens is 372 g/mol. The van der Waals surface area contributed by atoms with E-state index in [0.717, 1.165) is 0 Å². The second-order valence-electron chi connectivity index (χ2n) is 5.77. The van der Waals surface area contributed by atoms with Crippen LogP contribution in [0.3, 0.4) is 0 Å². The fourth-order valence-corrected chi connectivity index (χ4v) is 2.82. The molecule has 0 radical (unpaired) electrons. The summed E-state index contributed by atoms with van der Waals surface area (Å²) in [6, 6.07) is 8.91. The second-order valence-corrected chi connectivity index (χ2v) is 6.17. The molecule has 0 fully saturated rings. The Morgan fingerprint density at radius 2 is 1.93 bits per heavy atom. The summed E-state index contributed by atoms with van der Waals surface area (Å²) in [5.41, 5.74) is 1.98. The number of carboxylic acid groups (broad SMARTS) is 1. The molecule has 0 spiro atoms. The Labute approximate surface area is 159 Å². The number of anilines is 1. The highest BCUT2D eigenvalue weighted by Crippen LogP contribution is 2.36. The van der Waals surface area contributed by atoms with Crippen molar-refractivity contribution in [1.29, 1.82) is 0 Å². The van der Waals surface area contributed by atoms with E-state index >= 15 is 0 Å². The Bertz CT molecular complexity index is 996. The van der Waals surface area contributed by atoms with Gasteiger partial charge in [0.05, 0.1) is 34.7 Å². The van der Waals surface area contributed by atoms with Crippen molar-refractivity contribution in [2.24, 2.45) is 5.10 Å². The maximum Gasteiger partial charge on any atom is 0.335 e. The molecule has 0 saturated heterocycles. The van der Waals surface area contributed by atoms with Gasteiger partial charge in [0.25, 0.3) is 5.91 Å². The van der Waals surface area contributed by atoms with Gasteiger partial charge in [-0.25, -0.2) is 4.79 Å². The smallest absolute Gasteiger partial charge is 0.335 e. The van der Waals surface area contributed by atoms with Crippen molar-refractivity contribution in [1.82, 2.24) is 0 Å². The summed E-state index contributed by atoms with van der Waals surface area (Å²) in [7, 11) is 1.40. The van der Waals surface area contributed by atoms with Crippen LogP contribution in [0.15, 0.2) is 47.1 Å². The molecule has 1 heterocycles. The molecule has 27 heavy (non-hydrogen) atoms. The third kappa shape index (κ3) is 3.50. The molecule has 0 unspecified atom stereocenters. The van der Waals surface area contributed by atoms with Crippen molar-refractivity contribution >= 4 is 41.0 Å². The third-order valence-corrected chi connectivity index (χ3v) is 4.29. The van der Waals surface area contributed by atoms with Gasteiger partial charge in [0.2, 0.25) is 0 Å². The topological polar surface area (TPSA) is 99.4 Å². The Balaban J connectivity index is 1.94. The molecule has 2 N–H and O–H groups in total. The lowest BCUT2D eigenvalue weighted by molar-refractivity contribution is -0.114. The van der Waals surface area contributed by atoms with E-state index in [2.05, 4.69) is 5.10 Å². The molecule has 138 valence electrons. The molecule has 1 aliphatic rings. The zero-order valence-corrected chi connectivity index (χ0v) is 15.2. The van der Waals surface area contributed by atoms with E-state index < -0.39 is 5.97 Å². The van der Waals surface area contributed by atoms with E-state index in [1.54, 1.807) is 19.1 Å². The number of aromatic carboxylic acids is 1. The molecule has 1 amide bonds. The van der Waals surface area contributed by atoms with Gasteiger partial charge >= 0.3 is 5.97 Å². The van der Waals surface area contributed by atoms with Gasteiger partial charge in [-0.3, -0.25) is 4.79 Å². The van der Waals surface area contributed by atoms with Crippen LogP contribution in [0.1, 0.15) is 22.8 Å². The Morgan fingerprint density at radius 3 is 2.52 bits per heavy atom. The number of halogens is 1. The predicted molar refractivity (Wildman–Crippen MR) is 102 cm³/mol. The number of carbonyl (C=O) groups is 2. The number of phenols is 1. The number of rotatable bonds is 4.